The largest absolute Gasteiger partial charge is 0.337 e. The highest BCUT2D eigenvalue weighted by Crippen LogP contribution is 2.11. The first-order valence-electron chi connectivity index (χ1n) is 4.93. The van der Waals surface area contributed by atoms with Gasteiger partial charge in [-0.15, -0.1) is 0 Å². The van der Waals surface area contributed by atoms with Crippen LogP contribution >= 0.6 is 0 Å². The van der Waals surface area contributed by atoms with Gasteiger partial charge in [0.05, 0.1) is 0 Å². The third-order valence-corrected chi connectivity index (χ3v) is 2.30. The van der Waals surface area contributed by atoms with E-state index in [-0.39, 0.29) is 6.03 Å². The molecule has 0 aromatic carbocycles. The predicted octanol–water partition coefficient (Wildman–Crippen LogP) is 2.22. The van der Waals surface area contributed by atoms with Crippen LogP contribution in [0.3, 0.4) is 0 Å². The molecule has 0 saturated heterocycles. The van der Waals surface area contributed by atoms with Crippen molar-refractivity contribution < 1.29 is 4.79 Å². The summed E-state index contributed by atoms with van der Waals surface area (Å²) in [5, 5.41) is 0. The summed E-state index contributed by atoms with van der Waals surface area (Å²) in [6.07, 6.45) is 13.3. The molecule has 2 heterocycles. The summed E-state index contributed by atoms with van der Waals surface area (Å²) in [6.45, 7) is 2.12. The second-order valence-corrected chi connectivity index (χ2v) is 3.60. The Morgan fingerprint density at radius 2 is 2.33 bits per heavy atom. The minimum absolute atomic E-state index is 0.117. The maximum absolute atomic E-state index is 11.9. The Morgan fingerprint density at radius 1 is 1.47 bits per heavy atom. The number of imidazole rings is 1. The van der Waals surface area contributed by atoms with E-state index < -0.39 is 0 Å². The molecule has 1 aromatic rings. The third kappa shape index (κ3) is 2.15. The van der Waals surface area contributed by atoms with Crippen molar-refractivity contribution in [1.29, 1.82) is 0 Å². The Morgan fingerprint density at radius 3 is 3.07 bits per heavy atom. The van der Waals surface area contributed by atoms with Gasteiger partial charge in [-0.25, -0.2) is 9.78 Å². The summed E-state index contributed by atoms with van der Waals surface area (Å²) < 4.78 is 1.45. The summed E-state index contributed by atoms with van der Waals surface area (Å²) >= 11 is 0. The van der Waals surface area contributed by atoms with Crippen LogP contribution in [0.2, 0.25) is 0 Å². The van der Waals surface area contributed by atoms with E-state index in [1.54, 1.807) is 29.7 Å². The highest BCUT2D eigenvalue weighted by Gasteiger charge is 2.11. The number of amides is 1. The Labute approximate surface area is 88.5 Å². The summed E-state index contributed by atoms with van der Waals surface area (Å²) in [6, 6.07) is -0.117. The van der Waals surface area contributed by atoms with Crippen LogP contribution in [0.15, 0.2) is 43.3 Å². The average molecular weight is 203 g/mol. The number of rotatable bonds is 0. The minimum Gasteiger partial charge on any atom is -0.277 e. The van der Waals surface area contributed by atoms with E-state index in [4.69, 9.17) is 0 Å². The van der Waals surface area contributed by atoms with Gasteiger partial charge in [-0.2, -0.15) is 0 Å². The maximum atomic E-state index is 11.9. The summed E-state index contributed by atoms with van der Waals surface area (Å²) in [5.74, 6) is 0.474. The first-order chi connectivity index (χ1) is 7.27. The number of hydrogen-bond acceptors (Lipinski definition) is 2. The molecule has 78 valence electrons. The zero-order chi connectivity index (χ0) is 10.7. The Hall–Kier alpha value is -1.84. The standard InChI is InChI=1S/C11H13N3O/c1-10-3-2-6-13(7-4-10)11(15)14-8-5-12-9-14/h2,4-10H,3H2,1H3. The second kappa shape index (κ2) is 4.13. The number of allylic oxidation sites excluding steroid dienone is 2. The van der Waals surface area contributed by atoms with Gasteiger partial charge in [-0.1, -0.05) is 19.1 Å². The van der Waals surface area contributed by atoms with E-state index in [0.29, 0.717) is 5.92 Å². The summed E-state index contributed by atoms with van der Waals surface area (Å²) in [4.78, 5) is 17.3. The second-order valence-electron chi connectivity index (χ2n) is 3.60. The van der Waals surface area contributed by atoms with Gasteiger partial charge in [0, 0.05) is 24.8 Å². The topological polar surface area (TPSA) is 38.1 Å². The van der Waals surface area contributed by atoms with Crippen molar-refractivity contribution in [1.82, 2.24) is 14.5 Å². The van der Waals surface area contributed by atoms with Gasteiger partial charge in [0.2, 0.25) is 0 Å². The van der Waals surface area contributed by atoms with Crippen LogP contribution in [-0.4, -0.2) is 20.5 Å². The molecule has 4 heteroatoms. The van der Waals surface area contributed by atoms with Crippen molar-refractivity contribution in [3.63, 3.8) is 0 Å². The van der Waals surface area contributed by atoms with E-state index in [2.05, 4.69) is 11.9 Å². The lowest BCUT2D eigenvalue weighted by molar-refractivity contribution is 0.228. The number of carbonyl (C=O) groups excluding carboxylic acids is 1. The van der Waals surface area contributed by atoms with Gasteiger partial charge in [0.1, 0.15) is 6.33 Å². The molecule has 0 radical (unpaired) electrons. The SMILES string of the molecule is CC1C=CN(C(=O)n2ccnc2)C=CC1. The molecule has 0 bridgehead atoms. The van der Waals surface area contributed by atoms with Crippen LogP contribution < -0.4 is 0 Å². The number of aromatic nitrogens is 2. The molecule has 0 spiro atoms. The molecule has 1 atom stereocenters. The molecule has 1 amide bonds. The number of carbonyl (C=O) groups is 1. The Kier molecular flexibility index (Phi) is 2.67. The normalized spacial score (nSPS) is 20.3. The third-order valence-electron chi connectivity index (χ3n) is 2.30. The quantitative estimate of drug-likeness (QED) is 0.648. The van der Waals surface area contributed by atoms with Crippen molar-refractivity contribution in [2.45, 2.75) is 13.3 Å². The highest BCUT2D eigenvalue weighted by atomic mass is 16.2. The molecule has 0 saturated carbocycles. The van der Waals surface area contributed by atoms with Crippen molar-refractivity contribution in [2.24, 2.45) is 5.92 Å². The van der Waals surface area contributed by atoms with Crippen molar-refractivity contribution in [2.75, 3.05) is 0 Å². The first-order valence-corrected chi connectivity index (χ1v) is 4.93. The fourth-order valence-electron chi connectivity index (χ4n) is 1.39. The molecule has 1 aromatic heterocycles. The van der Waals surface area contributed by atoms with Crippen LogP contribution in [0.25, 0.3) is 0 Å². The van der Waals surface area contributed by atoms with E-state index in [9.17, 15) is 4.79 Å². The van der Waals surface area contributed by atoms with E-state index in [1.165, 1.54) is 10.9 Å². The van der Waals surface area contributed by atoms with Gasteiger partial charge >= 0.3 is 6.03 Å². The number of hydrogen-bond donors (Lipinski definition) is 0. The molecule has 1 aliphatic rings. The Balaban J connectivity index is 2.17. The van der Waals surface area contributed by atoms with Gasteiger partial charge in [-0.3, -0.25) is 9.47 Å². The molecule has 1 aliphatic heterocycles. The molecule has 4 nitrogen and oxygen atoms in total. The van der Waals surface area contributed by atoms with Crippen LogP contribution in [0.5, 0.6) is 0 Å². The van der Waals surface area contributed by atoms with Crippen LogP contribution in [0, 0.1) is 5.92 Å². The molecule has 1 unspecified atom stereocenters. The summed E-state index contributed by atoms with van der Waals surface area (Å²) in [7, 11) is 0. The molecular weight excluding hydrogens is 190 g/mol. The molecule has 2 rings (SSSR count). The fraction of sp³-hybridized carbons (Fsp3) is 0.273. The molecule has 0 fully saturated rings. The maximum Gasteiger partial charge on any atom is 0.337 e. The number of nitrogens with zero attached hydrogens (tertiary/aromatic N) is 3. The summed E-state index contributed by atoms with van der Waals surface area (Å²) in [5.41, 5.74) is 0. The van der Waals surface area contributed by atoms with Gasteiger partial charge in [-0.05, 0) is 12.3 Å². The van der Waals surface area contributed by atoms with Crippen LogP contribution in [-0.2, 0) is 0 Å². The van der Waals surface area contributed by atoms with Gasteiger partial charge in [0.15, 0.2) is 0 Å². The molecule has 15 heavy (non-hydrogen) atoms. The molecular formula is C11H13N3O. The first kappa shape index (κ1) is 9.71. The predicted molar refractivity (Wildman–Crippen MR) is 56.9 cm³/mol. The monoisotopic (exact) mass is 203 g/mol. The van der Waals surface area contributed by atoms with Crippen LogP contribution in [0.4, 0.5) is 4.79 Å². The van der Waals surface area contributed by atoms with Gasteiger partial charge < -0.3 is 0 Å². The van der Waals surface area contributed by atoms with Crippen molar-refractivity contribution >= 4 is 6.03 Å². The average Bonchev–Trinajstić information content (AvgIpc) is 2.67. The smallest absolute Gasteiger partial charge is 0.277 e. The van der Waals surface area contributed by atoms with E-state index in [0.717, 1.165) is 6.42 Å². The van der Waals surface area contributed by atoms with Crippen LogP contribution in [0.1, 0.15) is 13.3 Å². The zero-order valence-electron chi connectivity index (χ0n) is 8.58. The van der Waals surface area contributed by atoms with Crippen molar-refractivity contribution in [3.05, 3.63) is 43.3 Å². The van der Waals surface area contributed by atoms with E-state index >= 15 is 0 Å². The lowest BCUT2D eigenvalue weighted by Crippen LogP contribution is -2.24. The minimum atomic E-state index is -0.117. The van der Waals surface area contributed by atoms with E-state index in [1.807, 2.05) is 12.2 Å². The lowest BCUT2D eigenvalue weighted by Gasteiger charge is -2.12. The Bertz CT molecular complexity index is 392. The highest BCUT2D eigenvalue weighted by molar-refractivity contribution is 5.78. The fourth-order valence-corrected chi connectivity index (χ4v) is 1.39. The lowest BCUT2D eigenvalue weighted by atomic mass is 10.1. The van der Waals surface area contributed by atoms with Crippen molar-refractivity contribution in [3.8, 4) is 0 Å². The van der Waals surface area contributed by atoms with Gasteiger partial charge in [0.25, 0.3) is 0 Å². The zero-order valence-corrected chi connectivity index (χ0v) is 8.58. The molecule has 0 N–H and O–H groups in total. The molecule has 0 aliphatic carbocycles.